The Morgan fingerprint density at radius 2 is 1.97 bits per heavy atom. The number of hydrogen-bond acceptors (Lipinski definition) is 5. The van der Waals surface area contributed by atoms with Crippen LogP contribution in [0, 0.1) is 12.7 Å². The summed E-state index contributed by atoms with van der Waals surface area (Å²) in [6.07, 6.45) is 4.78. The van der Waals surface area contributed by atoms with Crippen molar-refractivity contribution in [1.29, 1.82) is 0 Å². The number of hydrogen-bond donors (Lipinski definition) is 1. The average Bonchev–Trinajstić information content (AvgIpc) is 3.26. The third-order valence-electron chi connectivity index (χ3n) is 5.51. The van der Waals surface area contributed by atoms with Gasteiger partial charge in [0.15, 0.2) is 11.6 Å². The Bertz CT molecular complexity index is 1410. The first-order valence-electron chi connectivity index (χ1n) is 11.1. The van der Waals surface area contributed by atoms with Gasteiger partial charge in [-0.15, -0.1) is 0 Å². The number of carbonyl (C=O) groups is 1. The lowest BCUT2D eigenvalue weighted by Crippen LogP contribution is -2.31. The minimum atomic E-state index is -0.737. The van der Waals surface area contributed by atoms with Gasteiger partial charge < -0.3 is 13.9 Å². The van der Waals surface area contributed by atoms with Gasteiger partial charge in [-0.3, -0.25) is 15.1 Å². The number of pyridine rings is 3. The van der Waals surface area contributed by atoms with Gasteiger partial charge >= 0.3 is 6.03 Å². The van der Waals surface area contributed by atoms with Crippen LogP contribution in [0.5, 0.6) is 0 Å². The molecule has 0 fully saturated rings. The molecule has 0 aliphatic carbocycles. The van der Waals surface area contributed by atoms with E-state index in [0.717, 1.165) is 0 Å². The molecule has 0 radical (unpaired) electrons. The van der Waals surface area contributed by atoms with Gasteiger partial charge in [0.2, 0.25) is 0 Å². The smallest absolute Gasteiger partial charge is 0.323 e. The van der Waals surface area contributed by atoms with Crippen molar-refractivity contribution in [2.45, 2.75) is 33.4 Å². The zero-order chi connectivity index (χ0) is 25.1. The van der Waals surface area contributed by atoms with Crippen LogP contribution in [0.1, 0.15) is 31.3 Å². The monoisotopic (exact) mass is 475 g/mol. The highest BCUT2D eigenvalue weighted by Crippen LogP contribution is 2.37. The van der Waals surface area contributed by atoms with Crippen molar-refractivity contribution < 1.29 is 13.6 Å². The van der Waals surface area contributed by atoms with E-state index in [1.165, 1.54) is 17.2 Å². The first-order valence-corrected chi connectivity index (χ1v) is 11.1. The second kappa shape index (κ2) is 9.92. The molecule has 0 aliphatic rings. The molecule has 9 heteroatoms. The summed E-state index contributed by atoms with van der Waals surface area (Å²) in [4.78, 5) is 34.8. The molecular formula is C26H26FN5O3. The molecule has 35 heavy (non-hydrogen) atoms. The van der Waals surface area contributed by atoms with E-state index in [1.54, 1.807) is 61.3 Å². The number of amides is 2. The molecule has 8 nitrogen and oxygen atoms in total. The van der Waals surface area contributed by atoms with Crippen molar-refractivity contribution in [3.63, 3.8) is 0 Å². The maximum Gasteiger partial charge on any atom is 0.323 e. The Hall–Kier alpha value is -4.27. The number of halogens is 1. The first kappa shape index (κ1) is 23.9. The Balaban J connectivity index is 1.73. The number of aromatic nitrogens is 3. The number of urea groups is 1. The number of nitrogens with zero attached hydrogens (tertiary/aromatic N) is 4. The molecule has 0 saturated heterocycles. The van der Waals surface area contributed by atoms with Gasteiger partial charge in [-0.2, -0.15) is 0 Å². The third kappa shape index (κ3) is 5.13. The van der Waals surface area contributed by atoms with Crippen LogP contribution in [-0.2, 0) is 6.54 Å². The fourth-order valence-corrected chi connectivity index (χ4v) is 3.67. The fourth-order valence-electron chi connectivity index (χ4n) is 3.67. The van der Waals surface area contributed by atoms with Gasteiger partial charge in [0.05, 0.1) is 17.8 Å². The van der Waals surface area contributed by atoms with E-state index < -0.39 is 11.8 Å². The lowest BCUT2D eigenvalue weighted by molar-refractivity contribution is 0.220. The summed E-state index contributed by atoms with van der Waals surface area (Å²) in [5.41, 5.74) is 1.71. The molecule has 4 heterocycles. The lowest BCUT2D eigenvalue weighted by Gasteiger charge is -2.19. The molecule has 0 saturated carbocycles. The number of nitrogens with one attached hydrogen (secondary N) is 1. The molecule has 180 valence electrons. The van der Waals surface area contributed by atoms with Crippen LogP contribution in [0.2, 0.25) is 0 Å². The number of aryl methyl sites for hydroxylation is 1. The third-order valence-corrected chi connectivity index (χ3v) is 5.51. The van der Waals surface area contributed by atoms with E-state index >= 15 is 4.39 Å². The van der Waals surface area contributed by atoms with Gasteiger partial charge in [-0.25, -0.2) is 14.2 Å². The van der Waals surface area contributed by atoms with E-state index in [1.807, 2.05) is 19.9 Å². The summed E-state index contributed by atoms with van der Waals surface area (Å²) < 4.78 is 23.2. The zero-order valence-electron chi connectivity index (χ0n) is 19.9. The predicted molar refractivity (Wildman–Crippen MR) is 131 cm³/mol. The summed E-state index contributed by atoms with van der Waals surface area (Å²) in [5, 5.41) is 2.54. The van der Waals surface area contributed by atoms with Crippen LogP contribution >= 0.6 is 0 Å². The summed E-state index contributed by atoms with van der Waals surface area (Å²) in [7, 11) is 1.59. The molecule has 0 aromatic carbocycles. The lowest BCUT2D eigenvalue weighted by atomic mass is 10.0. The molecule has 0 bridgehead atoms. The molecule has 4 aromatic rings. The van der Waals surface area contributed by atoms with E-state index in [9.17, 15) is 9.59 Å². The molecule has 4 aromatic heterocycles. The summed E-state index contributed by atoms with van der Waals surface area (Å²) >= 11 is 0. The highest BCUT2D eigenvalue weighted by Gasteiger charge is 2.23. The number of rotatable bonds is 6. The Labute approximate surface area is 202 Å². The summed E-state index contributed by atoms with van der Waals surface area (Å²) in [6.45, 7) is 5.78. The van der Waals surface area contributed by atoms with E-state index in [0.29, 0.717) is 22.6 Å². The minimum absolute atomic E-state index is 0.0808. The SMILES string of the molecule is Cc1ccc(-c2c(-c3ccc(=O)n(C(C)C)c3)cnc(NC(=O)N(C)Cc3ccccn3)c2F)o1. The number of carbonyl (C=O) groups excluding carboxylic acids is 1. The molecule has 2 amide bonds. The van der Waals surface area contributed by atoms with Crippen molar-refractivity contribution >= 4 is 11.8 Å². The van der Waals surface area contributed by atoms with Crippen LogP contribution in [0.25, 0.3) is 22.5 Å². The first-order chi connectivity index (χ1) is 16.7. The van der Waals surface area contributed by atoms with Crippen LogP contribution in [0.15, 0.2) is 70.3 Å². The van der Waals surface area contributed by atoms with Crippen molar-refractivity contribution in [3.05, 3.63) is 88.7 Å². The van der Waals surface area contributed by atoms with Crippen molar-refractivity contribution in [2.24, 2.45) is 0 Å². The average molecular weight is 476 g/mol. The summed E-state index contributed by atoms with van der Waals surface area (Å²) in [5.74, 6) is -0.0707. The Morgan fingerprint density at radius 1 is 1.17 bits per heavy atom. The van der Waals surface area contributed by atoms with E-state index in [-0.39, 0.29) is 35.3 Å². The predicted octanol–water partition coefficient (Wildman–Crippen LogP) is 5.26. The summed E-state index contributed by atoms with van der Waals surface area (Å²) in [6, 6.07) is 11.2. The van der Waals surface area contributed by atoms with Gasteiger partial charge in [-0.1, -0.05) is 6.07 Å². The highest BCUT2D eigenvalue weighted by atomic mass is 19.1. The van der Waals surface area contributed by atoms with Gasteiger partial charge in [0, 0.05) is 48.9 Å². The van der Waals surface area contributed by atoms with Crippen LogP contribution < -0.4 is 10.9 Å². The topological polar surface area (TPSA) is 93.3 Å². The second-order valence-corrected chi connectivity index (χ2v) is 8.48. The highest BCUT2D eigenvalue weighted by molar-refractivity contribution is 5.91. The molecule has 0 spiro atoms. The zero-order valence-corrected chi connectivity index (χ0v) is 19.9. The molecule has 0 unspecified atom stereocenters. The minimum Gasteiger partial charge on any atom is -0.461 e. The van der Waals surface area contributed by atoms with E-state index in [4.69, 9.17) is 4.42 Å². The molecule has 0 atom stereocenters. The molecule has 4 rings (SSSR count). The maximum absolute atomic E-state index is 15.9. The molecule has 0 aliphatic heterocycles. The Kier molecular flexibility index (Phi) is 6.77. The quantitative estimate of drug-likeness (QED) is 0.411. The second-order valence-electron chi connectivity index (χ2n) is 8.48. The van der Waals surface area contributed by atoms with Crippen molar-refractivity contribution in [3.8, 4) is 22.5 Å². The van der Waals surface area contributed by atoms with Crippen molar-refractivity contribution in [1.82, 2.24) is 19.4 Å². The Morgan fingerprint density at radius 3 is 2.63 bits per heavy atom. The molecular weight excluding hydrogens is 449 g/mol. The van der Waals surface area contributed by atoms with Crippen LogP contribution in [-0.4, -0.2) is 32.5 Å². The largest absolute Gasteiger partial charge is 0.461 e. The van der Waals surface area contributed by atoms with Crippen LogP contribution in [0.4, 0.5) is 15.0 Å². The van der Waals surface area contributed by atoms with Crippen molar-refractivity contribution in [2.75, 3.05) is 12.4 Å². The van der Waals surface area contributed by atoms with Crippen LogP contribution in [0.3, 0.4) is 0 Å². The fraction of sp³-hybridized carbons (Fsp3) is 0.231. The maximum atomic E-state index is 15.9. The van der Waals surface area contributed by atoms with Gasteiger partial charge in [0.1, 0.15) is 11.5 Å². The number of anilines is 1. The van der Waals surface area contributed by atoms with E-state index in [2.05, 4.69) is 15.3 Å². The standard InChI is InChI=1S/C26H26FN5O3/c1-16(2)32-14-18(9-11-22(32)33)20-13-29-25(24(27)23(20)21-10-8-17(3)35-21)30-26(34)31(4)15-19-7-5-6-12-28-19/h5-14,16H,15H2,1-4H3,(H,29,30,34). The van der Waals surface area contributed by atoms with Gasteiger partial charge in [0.25, 0.3) is 5.56 Å². The normalized spacial score (nSPS) is 11.0. The van der Waals surface area contributed by atoms with Gasteiger partial charge in [-0.05, 0) is 51.1 Å². The number of furan rings is 1. The molecule has 1 N–H and O–H groups in total.